The number of hydrogen-bond donors (Lipinski definition) is 0. The van der Waals surface area contributed by atoms with E-state index in [0.717, 1.165) is 70.6 Å². The second kappa shape index (κ2) is 67.9. The van der Waals surface area contributed by atoms with Gasteiger partial charge in [-0.2, -0.15) is 0 Å². The molecule has 0 amide bonds. The van der Waals surface area contributed by atoms with Gasteiger partial charge in [0.25, 0.3) is 0 Å². The molecule has 0 aromatic rings. The summed E-state index contributed by atoms with van der Waals surface area (Å²) in [4.78, 5) is 38.2. The van der Waals surface area contributed by atoms with Crippen molar-refractivity contribution in [3.05, 3.63) is 48.6 Å². The van der Waals surface area contributed by atoms with Gasteiger partial charge in [-0.15, -0.1) is 0 Å². The van der Waals surface area contributed by atoms with Crippen molar-refractivity contribution in [2.45, 2.75) is 386 Å². The minimum absolute atomic E-state index is 0.0685. The largest absolute Gasteiger partial charge is 0.462 e. The van der Waals surface area contributed by atoms with E-state index < -0.39 is 6.10 Å². The number of unbranched alkanes of at least 4 members (excludes halogenated alkanes) is 46. The Hall–Kier alpha value is -2.63. The summed E-state index contributed by atoms with van der Waals surface area (Å²) in [7, 11) is 0. The summed E-state index contributed by atoms with van der Waals surface area (Å²) in [5.41, 5.74) is 0. The molecule has 6 heteroatoms. The summed E-state index contributed by atoms with van der Waals surface area (Å²) in [6.45, 7) is 6.66. The third-order valence-electron chi connectivity index (χ3n) is 15.8. The highest BCUT2D eigenvalue weighted by atomic mass is 16.6. The number of rotatable bonds is 65. The van der Waals surface area contributed by atoms with E-state index in [1.54, 1.807) is 0 Å². The van der Waals surface area contributed by atoms with Crippen LogP contribution in [0.3, 0.4) is 0 Å². The van der Waals surface area contributed by atoms with Gasteiger partial charge in [0.15, 0.2) is 6.10 Å². The van der Waals surface area contributed by atoms with Crippen molar-refractivity contribution in [1.82, 2.24) is 0 Å². The van der Waals surface area contributed by atoms with Crippen molar-refractivity contribution in [3.63, 3.8) is 0 Å². The number of esters is 3. The van der Waals surface area contributed by atoms with E-state index in [-0.39, 0.29) is 31.1 Å². The molecule has 462 valence electrons. The van der Waals surface area contributed by atoms with Crippen molar-refractivity contribution < 1.29 is 28.6 Å². The van der Waals surface area contributed by atoms with Gasteiger partial charge in [0.2, 0.25) is 0 Å². The monoisotopic (exact) mass is 1110 g/mol. The number of carbonyl (C=O) groups is 3. The van der Waals surface area contributed by atoms with Gasteiger partial charge in [-0.1, -0.05) is 326 Å². The molecule has 6 nitrogen and oxygen atoms in total. The van der Waals surface area contributed by atoms with E-state index in [1.165, 1.54) is 270 Å². The first kappa shape index (κ1) is 76.4. The molecule has 1 unspecified atom stereocenters. The van der Waals surface area contributed by atoms with Crippen molar-refractivity contribution in [2.24, 2.45) is 0 Å². The fraction of sp³-hybridized carbons (Fsp3) is 0.849. The highest BCUT2D eigenvalue weighted by Gasteiger charge is 2.19. The van der Waals surface area contributed by atoms with Crippen LogP contribution in [0.2, 0.25) is 0 Å². The van der Waals surface area contributed by atoms with E-state index >= 15 is 0 Å². The van der Waals surface area contributed by atoms with Gasteiger partial charge in [0, 0.05) is 19.3 Å². The Labute approximate surface area is 492 Å². The first-order valence-corrected chi connectivity index (χ1v) is 35.1. The van der Waals surface area contributed by atoms with Crippen molar-refractivity contribution in [2.75, 3.05) is 13.2 Å². The molecule has 0 aliphatic rings. The van der Waals surface area contributed by atoms with Gasteiger partial charge in [-0.05, 0) is 83.5 Å². The van der Waals surface area contributed by atoms with Crippen LogP contribution in [0.5, 0.6) is 0 Å². The fourth-order valence-electron chi connectivity index (χ4n) is 10.5. The summed E-state index contributed by atoms with van der Waals surface area (Å²) in [6, 6.07) is 0. The average molecular weight is 1110 g/mol. The SMILES string of the molecule is CCCCCCC/C=C\C/C=C\C/C=C\CCCCCCCCCCCCCCCCCCCCC(=O)OCC(COC(=O)CCCCCCCCCCC)OC(=O)CCCCCCCCCCC/C=C\CCCCCCCC. The number of hydrogen-bond acceptors (Lipinski definition) is 6. The molecule has 0 aliphatic carbocycles. The number of ether oxygens (including phenoxy) is 3. The van der Waals surface area contributed by atoms with Gasteiger partial charge in [0.05, 0.1) is 0 Å². The molecule has 0 heterocycles. The molecular formula is C73H134O6. The smallest absolute Gasteiger partial charge is 0.306 e. The lowest BCUT2D eigenvalue weighted by atomic mass is 10.0. The molecule has 0 aliphatic heterocycles. The summed E-state index contributed by atoms with van der Waals surface area (Å²) in [6.07, 6.45) is 85.9. The summed E-state index contributed by atoms with van der Waals surface area (Å²) >= 11 is 0. The molecule has 0 fully saturated rings. The van der Waals surface area contributed by atoms with Crippen LogP contribution in [0.25, 0.3) is 0 Å². The zero-order chi connectivity index (χ0) is 57.1. The summed E-state index contributed by atoms with van der Waals surface area (Å²) in [5.74, 6) is -0.850. The van der Waals surface area contributed by atoms with Gasteiger partial charge >= 0.3 is 17.9 Å². The highest BCUT2D eigenvalue weighted by Crippen LogP contribution is 2.18. The molecule has 0 aromatic carbocycles. The van der Waals surface area contributed by atoms with Crippen LogP contribution in [0.15, 0.2) is 48.6 Å². The molecule has 0 spiro atoms. The topological polar surface area (TPSA) is 78.9 Å². The van der Waals surface area contributed by atoms with E-state index in [4.69, 9.17) is 14.2 Å². The van der Waals surface area contributed by atoms with Crippen molar-refractivity contribution >= 4 is 17.9 Å². The molecule has 79 heavy (non-hydrogen) atoms. The first-order chi connectivity index (χ1) is 39.0. The Bertz CT molecular complexity index is 1360. The van der Waals surface area contributed by atoms with Crippen molar-refractivity contribution in [3.8, 4) is 0 Å². The average Bonchev–Trinajstić information content (AvgIpc) is 3.45. The molecule has 0 N–H and O–H groups in total. The third kappa shape index (κ3) is 66.1. The van der Waals surface area contributed by atoms with Gasteiger partial charge in [-0.3, -0.25) is 14.4 Å². The van der Waals surface area contributed by atoms with Gasteiger partial charge in [0.1, 0.15) is 13.2 Å². The lowest BCUT2D eigenvalue weighted by Crippen LogP contribution is -2.30. The molecule has 1 atom stereocenters. The molecule has 0 aromatic heterocycles. The van der Waals surface area contributed by atoms with E-state index in [1.807, 2.05) is 0 Å². The lowest BCUT2D eigenvalue weighted by Gasteiger charge is -2.18. The van der Waals surface area contributed by atoms with Crippen LogP contribution < -0.4 is 0 Å². The van der Waals surface area contributed by atoms with Crippen LogP contribution >= 0.6 is 0 Å². The summed E-state index contributed by atoms with van der Waals surface area (Å²) in [5, 5.41) is 0. The molecule has 0 saturated carbocycles. The molecular weight excluding hydrogens is 973 g/mol. The Balaban J connectivity index is 4.06. The predicted molar refractivity (Wildman–Crippen MR) is 344 cm³/mol. The number of carbonyl (C=O) groups excluding carboxylic acids is 3. The normalized spacial score (nSPS) is 12.3. The van der Waals surface area contributed by atoms with Crippen LogP contribution in [-0.2, 0) is 28.6 Å². The Morgan fingerprint density at radius 3 is 0.722 bits per heavy atom. The fourth-order valence-corrected chi connectivity index (χ4v) is 10.5. The Morgan fingerprint density at radius 1 is 0.253 bits per heavy atom. The van der Waals surface area contributed by atoms with E-state index in [0.29, 0.717) is 19.3 Å². The minimum atomic E-state index is -0.770. The molecule has 0 bridgehead atoms. The molecule has 0 radical (unpaired) electrons. The van der Waals surface area contributed by atoms with Crippen molar-refractivity contribution in [1.29, 1.82) is 0 Å². The minimum Gasteiger partial charge on any atom is -0.462 e. The number of allylic oxidation sites excluding steroid dienone is 8. The van der Waals surface area contributed by atoms with Crippen LogP contribution in [0, 0.1) is 0 Å². The quantitative estimate of drug-likeness (QED) is 0.0261. The summed E-state index contributed by atoms with van der Waals surface area (Å²) < 4.78 is 16.9. The van der Waals surface area contributed by atoms with Gasteiger partial charge < -0.3 is 14.2 Å². The predicted octanol–water partition coefficient (Wildman–Crippen LogP) is 24.1. The zero-order valence-corrected chi connectivity index (χ0v) is 53.2. The van der Waals surface area contributed by atoms with Crippen LogP contribution in [-0.4, -0.2) is 37.2 Å². The zero-order valence-electron chi connectivity index (χ0n) is 53.2. The van der Waals surface area contributed by atoms with Crippen LogP contribution in [0.1, 0.15) is 380 Å². The van der Waals surface area contributed by atoms with Gasteiger partial charge in [-0.25, -0.2) is 0 Å². The Morgan fingerprint density at radius 2 is 0.456 bits per heavy atom. The highest BCUT2D eigenvalue weighted by molar-refractivity contribution is 5.71. The van der Waals surface area contributed by atoms with E-state index in [2.05, 4.69) is 69.4 Å². The maximum absolute atomic E-state index is 12.9. The maximum atomic E-state index is 12.9. The standard InChI is InChI=1S/C73H134O6/c1-4-7-10-13-16-19-21-23-25-27-29-30-31-32-33-34-35-36-37-38-39-40-41-42-44-45-47-49-51-54-57-60-63-66-72(75)78-69-70(68-77-71(74)65-62-59-56-53-18-15-12-9-6-3)79-73(76)67-64-61-58-55-52-50-48-46-43-28-26-24-22-20-17-14-11-8-5-2/h21,23-24,26-27,29,31-32,70H,4-20,22,25,28,30,33-69H2,1-3H3/b23-21-,26-24-,29-27-,32-31-. The van der Waals surface area contributed by atoms with Crippen LogP contribution in [0.4, 0.5) is 0 Å². The molecule has 0 saturated heterocycles. The second-order valence-electron chi connectivity index (χ2n) is 23.8. The second-order valence-corrected chi connectivity index (χ2v) is 23.8. The molecule has 0 rings (SSSR count). The lowest BCUT2D eigenvalue weighted by molar-refractivity contribution is -0.167. The third-order valence-corrected chi connectivity index (χ3v) is 15.8. The first-order valence-electron chi connectivity index (χ1n) is 35.1. The Kier molecular flexibility index (Phi) is 65.6. The maximum Gasteiger partial charge on any atom is 0.306 e. The van der Waals surface area contributed by atoms with E-state index in [9.17, 15) is 14.4 Å².